The maximum atomic E-state index is 11.9. The van der Waals surface area contributed by atoms with Crippen LogP contribution in [0.25, 0.3) is 17.1 Å². The highest BCUT2D eigenvalue weighted by atomic mass is 32.2. The lowest BCUT2D eigenvalue weighted by Gasteiger charge is -2.10. The number of urea groups is 1. The predicted molar refractivity (Wildman–Crippen MR) is 100 cm³/mol. The largest absolute Gasteiger partial charge is 0.341 e. The highest BCUT2D eigenvalue weighted by Crippen LogP contribution is 2.27. The molecule has 2 aromatic carbocycles. The third-order valence-electron chi connectivity index (χ3n) is 3.49. The number of aromatic nitrogens is 3. The summed E-state index contributed by atoms with van der Waals surface area (Å²) in [6.07, 6.45) is 0. The van der Waals surface area contributed by atoms with Gasteiger partial charge in [0.25, 0.3) is 0 Å². The summed E-state index contributed by atoms with van der Waals surface area (Å²) in [6.45, 7) is 0. The molecule has 26 heavy (non-hydrogen) atoms. The minimum atomic E-state index is -0.537. The average Bonchev–Trinajstić information content (AvgIpc) is 3.11. The zero-order valence-corrected chi connectivity index (χ0v) is 14.9. The number of carbonyl (C=O) groups excluding carboxylic acids is 2. The van der Waals surface area contributed by atoms with Crippen LogP contribution in [0.15, 0.2) is 65.8 Å². The number of benzene rings is 2. The summed E-state index contributed by atoms with van der Waals surface area (Å²) in [6, 6.07) is 18.9. The van der Waals surface area contributed by atoms with Crippen molar-refractivity contribution in [2.75, 3.05) is 12.8 Å². The van der Waals surface area contributed by atoms with E-state index in [1.165, 1.54) is 18.8 Å². The monoisotopic (exact) mass is 367 g/mol. The molecule has 132 valence electrons. The molecule has 0 radical (unpaired) electrons. The summed E-state index contributed by atoms with van der Waals surface area (Å²) in [5, 5.41) is 13.7. The molecule has 0 atom stereocenters. The molecule has 0 aliphatic rings. The average molecular weight is 367 g/mol. The Hall–Kier alpha value is -3.13. The molecule has 0 fully saturated rings. The third kappa shape index (κ3) is 4.09. The second kappa shape index (κ2) is 8.30. The molecule has 3 amide bonds. The molecule has 0 unspecified atom stereocenters. The number of hydrogen-bond donors (Lipinski definition) is 2. The van der Waals surface area contributed by atoms with Gasteiger partial charge in [-0.25, -0.2) is 4.79 Å². The first-order chi connectivity index (χ1) is 12.7. The van der Waals surface area contributed by atoms with E-state index in [4.69, 9.17) is 0 Å². The highest BCUT2D eigenvalue weighted by Gasteiger charge is 2.17. The number of imide groups is 1. The van der Waals surface area contributed by atoms with E-state index in [9.17, 15) is 9.59 Å². The lowest BCUT2D eigenvalue weighted by atomic mass is 10.2. The Balaban J connectivity index is 1.90. The van der Waals surface area contributed by atoms with Crippen LogP contribution in [0, 0.1) is 0 Å². The third-order valence-corrected chi connectivity index (χ3v) is 4.42. The van der Waals surface area contributed by atoms with Crippen LogP contribution in [0.2, 0.25) is 0 Å². The second-order valence-electron chi connectivity index (χ2n) is 5.26. The van der Waals surface area contributed by atoms with E-state index in [1.807, 2.05) is 65.2 Å². The normalized spacial score (nSPS) is 10.3. The summed E-state index contributed by atoms with van der Waals surface area (Å²) in [5.74, 6) is 0.330. The maximum absolute atomic E-state index is 11.9. The van der Waals surface area contributed by atoms with Crippen molar-refractivity contribution in [3.05, 3.63) is 60.7 Å². The van der Waals surface area contributed by atoms with Gasteiger partial charge in [0.15, 0.2) is 11.0 Å². The van der Waals surface area contributed by atoms with E-state index in [1.54, 1.807) is 0 Å². The van der Waals surface area contributed by atoms with Crippen molar-refractivity contribution >= 4 is 23.7 Å². The number of rotatable bonds is 5. The van der Waals surface area contributed by atoms with Crippen LogP contribution in [0.5, 0.6) is 0 Å². The van der Waals surface area contributed by atoms with Gasteiger partial charge in [-0.2, -0.15) is 0 Å². The first kappa shape index (κ1) is 17.7. The number of para-hydroxylation sites is 1. The topological polar surface area (TPSA) is 88.9 Å². The fourth-order valence-electron chi connectivity index (χ4n) is 2.30. The van der Waals surface area contributed by atoms with Gasteiger partial charge in [0.05, 0.1) is 5.75 Å². The maximum Gasteiger partial charge on any atom is 0.321 e. The van der Waals surface area contributed by atoms with Crippen LogP contribution in [0.1, 0.15) is 0 Å². The molecular formula is C18H17N5O2S. The van der Waals surface area contributed by atoms with Gasteiger partial charge in [-0.3, -0.25) is 14.7 Å². The number of hydrogen-bond acceptors (Lipinski definition) is 5. The van der Waals surface area contributed by atoms with E-state index in [2.05, 4.69) is 20.8 Å². The molecular weight excluding hydrogens is 350 g/mol. The van der Waals surface area contributed by atoms with Gasteiger partial charge in [-0.05, 0) is 12.1 Å². The number of carbonyl (C=O) groups is 2. The van der Waals surface area contributed by atoms with Crippen molar-refractivity contribution in [2.24, 2.45) is 0 Å². The zero-order chi connectivity index (χ0) is 18.4. The highest BCUT2D eigenvalue weighted by molar-refractivity contribution is 7.99. The Labute approximate surface area is 154 Å². The summed E-state index contributed by atoms with van der Waals surface area (Å²) in [4.78, 5) is 23.1. The van der Waals surface area contributed by atoms with Crippen molar-refractivity contribution in [3.63, 3.8) is 0 Å². The molecule has 3 aromatic rings. The molecule has 0 aliphatic heterocycles. The van der Waals surface area contributed by atoms with Crippen LogP contribution in [-0.4, -0.2) is 39.5 Å². The Kier molecular flexibility index (Phi) is 5.65. The van der Waals surface area contributed by atoms with Gasteiger partial charge in [0.2, 0.25) is 5.91 Å². The summed E-state index contributed by atoms with van der Waals surface area (Å²) >= 11 is 1.22. The molecule has 0 saturated heterocycles. The molecule has 2 N–H and O–H groups in total. The fourth-order valence-corrected chi connectivity index (χ4v) is 3.05. The van der Waals surface area contributed by atoms with Crippen LogP contribution in [0.3, 0.4) is 0 Å². The molecule has 3 rings (SSSR count). The van der Waals surface area contributed by atoms with Gasteiger partial charge < -0.3 is 5.32 Å². The van der Waals surface area contributed by atoms with Gasteiger partial charge in [-0.15, -0.1) is 10.2 Å². The summed E-state index contributed by atoms with van der Waals surface area (Å²) < 4.78 is 1.90. The standard InChI is InChI=1S/C18H17N5O2S/c1-19-17(25)20-15(24)12-26-18-22-21-16(13-8-4-2-5-9-13)23(18)14-10-6-3-7-11-14/h2-11H,12H2,1H3,(H2,19,20,24,25). The lowest BCUT2D eigenvalue weighted by molar-refractivity contribution is -0.117. The minimum Gasteiger partial charge on any atom is -0.341 e. The minimum absolute atomic E-state index is 0.0488. The van der Waals surface area contributed by atoms with E-state index in [0.717, 1.165) is 11.3 Å². The predicted octanol–water partition coefficient (Wildman–Crippen LogP) is 2.48. The lowest BCUT2D eigenvalue weighted by Crippen LogP contribution is -2.38. The van der Waals surface area contributed by atoms with Crippen molar-refractivity contribution in [1.29, 1.82) is 0 Å². The molecule has 0 bridgehead atoms. The van der Waals surface area contributed by atoms with E-state index >= 15 is 0 Å². The number of nitrogens with one attached hydrogen (secondary N) is 2. The Morgan fingerprint density at radius 2 is 1.65 bits per heavy atom. The smallest absolute Gasteiger partial charge is 0.321 e. The number of nitrogens with zero attached hydrogens (tertiary/aromatic N) is 3. The van der Waals surface area contributed by atoms with Gasteiger partial charge in [-0.1, -0.05) is 60.3 Å². The Bertz CT molecular complexity index is 896. The number of thioether (sulfide) groups is 1. The quantitative estimate of drug-likeness (QED) is 0.677. The molecule has 1 aromatic heterocycles. The van der Waals surface area contributed by atoms with Crippen molar-refractivity contribution in [2.45, 2.75) is 5.16 Å². The fraction of sp³-hybridized carbons (Fsp3) is 0.111. The van der Waals surface area contributed by atoms with Crippen molar-refractivity contribution in [1.82, 2.24) is 25.4 Å². The van der Waals surface area contributed by atoms with Crippen LogP contribution >= 0.6 is 11.8 Å². The number of amides is 3. The molecule has 1 heterocycles. The first-order valence-electron chi connectivity index (χ1n) is 7.89. The van der Waals surface area contributed by atoms with Gasteiger partial charge in [0.1, 0.15) is 0 Å². The first-order valence-corrected chi connectivity index (χ1v) is 8.88. The summed E-state index contributed by atoms with van der Waals surface area (Å²) in [7, 11) is 1.45. The van der Waals surface area contributed by atoms with Gasteiger partial charge >= 0.3 is 6.03 Å². The van der Waals surface area contributed by atoms with Crippen molar-refractivity contribution in [3.8, 4) is 17.1 Å². The van der Waals surface area contributed by atoms with E-state index in [0.29, 0.717) is 11.0 Å². The molecule has 7 nitrogen and oxygen atoms in total. The van der Waals surface area contributed by atoms with Gasteiger partial charge in [0, 0.05) is 18.3 Å². The van der Waals surface area contributed by atoms with Crippen molar-refractivity contribution < 1.29 is 9.59 Å². The zero-order valence-electron chi connectivity index (χ0n) is 14.0. The van der Waals surface area contributed by atoms with Crippen LogP contribution in [0.4, 0.5) is 4.79 Å². The van der Waals surface area contributed by atoms with Crippen LogP contribution in [-0.2, 0) is 4.79 Å². The molecule has 0 spiro atoms. The molecule has 0 saturated carbocycles. The SMILES string of the molecule is CNC(=O)NC(=O)CSc1nnc(-c2ccccc2)n1-c1ccccc1. The Morgan fingerprint density at radius 3 is 2.31 bits per heavy atom. The molecule has 8 heteroatoms. The summed E-state index contributed by atoms with van der Waals surface area (Å²) in [5.41, 5.74) is 1.82. The van der Waals surface area contributed by atoms with E-state index < -0.39 is 11.9 Å². The van der Waals surface area contributed by atoms with Crippen LogP contribution < -0.4 is 10.6 Å². The molecule has 0 aliphatic carbocycles. The van der Waals surface area contributed by atoms with E-state index in [-0.39, 0.29) is 5.75 Å². The second-order valence-corrected chi connectivity index (χ2v) is 6.20. The Morgan fingerprint density at radius 1 is 1.00 bits per heavy atom.